The first-order valence-corrected chi connectivity index (χ1v) is 15.5. The number of esters is 1. The number of alkyl halides is 1. The highest BCUT2D eigenvalue weighted by atomic mass is 32.5. The monoisotopic (exact) mass is 621 g/mol. The van der Waals surface area contributed by atoms with E-state index < -0.39 is 73.7 Å². The van der Waals surface area contributed by atoms with Crippen molar-refractivity contribution in [2.75, 3.05) is 6.61 Å². The van der Waals surface area contributed by atoms with Gasteiger partial charge in [0.1, 0.15) is 17.9 Å². The van der Waals surface area contributed by atoms with Crippen LogP contribution in [-0.2, 0) is 40.2 Å². The third-order valence-electron chi connectivity index (χ3n) is 6.34. The Morgan fingerprint density at radius 1 is 1.31 bits per heavy atom. The molecule has 1 unspecified atom stereocenters. The Kier molecular flexibility index (Phi) is 9.63. The van der Waals surface area contributed by atoms with E-state index in [-0.39, 0.29) is 0 Å². The van der Waals surface area contributed by atoms with Crippen molar-refractivity contribution < 1.29 is 42.4 Å². The summed E-state index contributed by atoms with van der Waals surface area (Å²) in [6.07, 6.45) is -4.82. The summed E-state index contributed by atoms with van der Waals surface area (Å²) in [7, 11) is 0. The van der Waals surface area contributed by atoms with Crippen molar-refractivity contribution in [2.24, 2.45) is 5.11 Å². The van der Waals surface area contributed by atoms with E-state index in [0.29, 0.717) is 11.1 Å². The smallest absolute Gasteiger partial charge is 0.323 e. The highest BCUT2D eigenvalue weighted by Crippen LogP contribution is 2.49. The number of carbonyl (C=O) groups excluding carboxylic acids is 3. The lowest BCUT2D eigenvalue weighted by molar-refractivity contribution is -0.157. The van der Waals surface area contributed by atoms with Crippen molar-refractivity contribution in [3.8, 4) is 5.75 Å². The Hall–Kier alpha value is -3.42. The van der Waals surface area contributed by atoms with E-state index in [1.807, 2.05) is 18.2 Å². The van der Waals surface area contributed by atoms with Crippen LogP contribution in [0, 0.1) is 0 Å². The number of azide groups is 1. The second-order valence-corrected chi connectivity index (χ2v) is 13.0. The number of hydrogen-bond acceptors (Lipinski definition) is 10. The van der Waals surface area contributed by atoms with Crippen molar-refractivity contribution >= 4 is 46.9 Å². The molecule has 2 N–H and O–H groups in total. The van der Waals surface area contributed by atoms with Gasteiger partial charge >= 0.3 is 12.6 Å². The molecule has 0 aromatic heterocycles. The maximum atomic E-state index is 15.7. The molecule has 224 valence electrons. The van der Waals surface area contributed by atoms with Crippen molar-refractivity contribution in [1.29, 1.82) is 0 Å². The van der Waals surface area contributed by atoms with Crippen LogP contribution >= 0.6 is 6.64 Å². The van der Waals surface area contributed by atoms with Crippen LogP contribution in [-0.4, -0.2) is 70.6 Å². The number of ketones is 1. The normalized spacial score (nSPS) is 26.1. The molecule has 0 aliphatic carbocycles. The van der Waals surface area contributed by atoms with Crippen LogP contribution in [0.3, 0.4) is 0 Å². The largest absolute Gasteiger partial charge is 0.462 e. The number of halogens is 1. The predicted molar refractivity (Wildman–Crippen MR) is 152 cm³/mol. The fourth-order valence-electron chi connectivity index (χ4n) is 4.34. The summed E-state index contributed by atoms with van der Waals surface area (Å²) < 4.78 is 38.6. The lowest BCUT2D eigenvalue weighted by Crippen LogP contribution is -2.45. The predicted octanol–water partition coefficient (Wildman–Crippen LogP) is 3.77. The number of fused-ring (bicyclic) bond motifs is 1. The molecule has 0 spiro atoms. The Morgan fingerprint density at radius 3 is 2.71 bits per heavy atom. The number of hydrogen-bond donors (Lipinski definition) is 2. The Balaban J connectivity index is 1.65. The van der Waals surface area contributed by atoms with Gasteiger partial charge in [0.2, 0.25) is 11.6 Å². The highest BCUT2D eigenvalue weighted by Gasteiger charge is 2.59. The van der Waals surface area contributed by atoms with Crippen LogP contribution in [0.2, 0.25) is 0 Å². The minimum Gasteiger partial charge on any atom is -0.462 e. The third kappa shape index (κ3) is 6.79. The van der Waals surface area contributed by atoms with Gasteiger partial charge in [0, 0.05) is 16.5 Å². The quantitative estimate of drug-likeness (QED) is 0.0939. The Bertz CT molecular complexity index is 1500. The van der Waals surface area contributed by atoms with Crippen molar-refractivity contribution in [1.82, 2.24) is 9.99 Å². The number of ether oxygens (including phenoxy) is 2. The summed E-state index contributed by atoms with van der Waals surface area (Å²) in [6.45, 7) is 0.140. The van der Waals surface area contributed by atoms with Crippen LogP contribution in [0.1, 0.15) is 27.2 Å². The van der Waals surface area contributed by atoms with Crippen LogP contribution in [0.4, 0.5) is 4.39 Å². The summed E-state index contributed by atoms with van der Waals surface area (Å²) in [5, 5.41) is 18.4. The standard InChI is InChI=1S/C26H29FN5O8PS/c1-15(2)38-25(36)16(3)29-41(42,40-20-10-6-8-17-7-4-5-9-19(17)20)37-14-26(30-31-28)23(27)22(35)24(39-26)32-12-11-18(33)13-21(32)34/h4-12,15-16,22-24,35H,13-14H2,1-3H3,(H,29,42)/t16-,22+,23-,24+,26+,41?/m0/s1. The van der Waals surface area contributed by atoms with Crippen LogP contribution in [0.5, 0.6) is 5.75 Å². The second-order valence-electron chi connectivity index (χ2n) is 9.87. The average Bonchev–Trinajstić information content (AvgIpc) is 3.17. The molecule has 16 heteroatoms. The maximum absolute atomic E-state index is 15.7. The average molecular weight is 622 g/mol. The van der Waals surface area contributed by atoms with Gasteiger partial charge in [-0.25, -0.2) is 9.48 Å². The molecule has 1 fully saturated rings. The van der Waals surface area contributed by atoms with Crippen molar-refractivity contribution in [3.63, 3.8) is 0 Å². The van der Waals surface area contributed by atoms with E-state index >= 15 is 4.39 Å². The van der Waals surface area contributed by atoms with E-state index in [1.54, 1.807) is 38.1 Å². The van der Waals surface area contributed by atoms with Crippen LogP contribution in [0.25, 0.3) is 21.2 Å². The Labute approximate surface area is 245 Å². The van der Waals surface area contributed by atoms with Gasteiger partial charge in [-0.05, 0) is 55.6 Å². The molecule has 0 bridgehead atoms. The molecule has 0 saturated carbocycles. The van der Waals surface area contributed by atoms with Crippen LogP contribution < -0.4 is 9.61 Å². The molecule has 42 heavy (non-hydrogen) atoms. The highest BCUT2D eigenvalue weighted by molar-refractivity contribution is 8.09. The number of aliphatic hydroxyl groups is 1. The maximum Gasteiger partial charge on any atom is 0.323 e. The lowest BCUT2D eigenvalue weighted by atomic mass is 10.1. The van der Waals surface area contributed by atoms with E-state index in [9.17, 15) is 25.0 Å². The molecule has 2 aromatic rings. The van der Waals surface area contributed by atoms with Crippen molar-refractivity contribution in [2.45, 2.75) is 63.6 Å². The van der Waals surface area contributed by atoms with E-state index in [1.165, 1.54) is 6.92 Å². The zero-order valence-corrected chi connectivity index (χ0v) is 24.5. The molecule has 2 aromatic carbocycles. The topological polar surface area (TPSA) is 172 Å². The summed E-state index contributed by atoms with van der Waals surface area (Å²) in [5.41, 5.74) is 6.78. The van der Waals surface area contributed by atoms with Crippen molar-refractivity contribution in [3.05, 3.63) is 65.2 Å². The SMILES string of the molecule is CC(C)OC(=O)[C@H](C)NP(=S)(OC[C@@]1(N=[N+]=[N-])O[C@@H](N2C=CC(=O)CC2=O)[C@H](O)[C@@H]1F)Oc1cccc2ccccc12. The number of nitrogens with one attached hydrogen (secondary N) is 1. The molecule has 1 amide bonds. The number of rotatable bonds is 11. The summed E-state index contributed by atoms with van der Waals surface area (Å²) in [5.74, 6) is -1.59. The Morgan fingerprint density at radius 2 is 2.02 bits per heavy atom. The molecule has 13 nitrogen and oxygen atoms in total. The number of nitrogens with zero attached hydrogens (tertiary/aromatic N) is 4. The zero-order valence-electron chi connectivity index (χ0n) is 22.8. The summed E-state index contributed by atoms with van der Waals surface area (Å²) in [4.78, 5) is 40.1. The molecule has 2 aliphatic heterocycles. The van der Waals surface area contributed by atoms with E-state index in [4.69, 9.17) is 30.3 Å². The number of benzene rings is 2. The minimum absolute atomic E-state index is 0.293. The van der Waals surface area contributed by atoms with Gasteiger partial charge in [0.15, 0.2) is 18.2 Å². The lowest BCUT2D eigenvalue weighted by Gasteiger charge is -2.32. The molecule has 2 heterocycles. The van der Waals surface area contributed by atoms with E-state index in [2.05, 4.69) is 15.1 Å². The van der Waals surface area contributed by atoms with E-state index in [0.717, 1.165) is 22.6 Å². The fourth-order valence-corrected chi connectivity index (χ4v) is 6.75. The molecule has 1 saturated heterocycles. The summed E-state index contributed by atoms with van der Waals surface area (Å²) in [6, 6.07) is 11.4. The molecule has 2 aliphatic rings. The second kappa shape index (κ2) is 12.8. The number of allylic oxidation sites excluding steroid dienone is 1. The fraction of sp³-hybridized carbons (Fsp3) is 0.423. The molecular formula is C26H29FN5O8PS. The summed E-state index contributed by atoms with van der Waals surface area (Å²) >= 11 is 5.74. The van der Waals surface area contributed by atoms with Gasteiger partial charge in [-0.3, -0.25) is 19.3 Å². The van der Waals surface area contributed by atoms with Gasteiger partial charge < -0.3 is 23.6 Å². The van der Waals surface area contributed by atoms with Gasteiger partial charge in [-0.15, -0.1) is 0 Å². The first-order valence-electron chi connectivity index (χ1n) is 12.9. The number of amides is 1. The number of aliphatic hydroxyl groups excluding tert-OH is 1. The minimum atomic E-state index is -3.80. The molecule has 4 rings (SSSR count). The van der Waals surface area contributed by atoms with Crippen LogP contribution in [0.15, 0.2) is 59.9 Å². The van der Waals surface area contributed by atoms with Gasteiger partial charge in [0.05, 0.1) is 19.1 Å². The first kappa shape index (κ1) is 31.5. The first-order chi connectivity index (χ1) is 19.9. The van der Waals surface area contributed by atoms with Gasteiger partial charge in [-0.1, -0.05) is 41.5 Å². The van der Waals surface area contributed by atoms with Gasteiger partial charge in [-0.2, -0.15) is 0 Å². The zero-order chi connectivity index (χ0) is 30.7. The number of carbonyl (C=O) groups is 3. The van der Waals surface area contributed by atoms with Gasteiger partial charge in [0.25, 0.3) is 0 Å². The third-order valence-corrected chi connectivity index (χ3v) is 8.80. The molecule has 0 radical (unpaired) electrons. The molecule has 6 atom stereocenters. The molecular weight excluding hydrogens is 592 g/mol.